The van der Waals surface area contributed by atoms with Crippen molar-refractivity contribution in [1.29, 1.82) is 0 Å². The Kier molecular flexibility index (Phi) is 5.76. The summed E-state index contributed by atoms with van der Waals surface area (Å²) in [5.41, 5.74) is 0.827. The van der Waals surface area contributed by atoms with Gasteiger partial charge in [-0.25, -0.2) is 4.39 Å². The van der Waals surface area contributed by atoms with Gasteiger partial charge in [0.1, 0.15) is 0 Å². The average Bonchev–Trinajstić information content (AvgIpc) is 2.33. The average molecular weight is 269 g/mol. The molecule has 0 aliphatic carbocycles. The predicted molar refractivity (Wildman–Crippen MR) is 70.9 cm³/mol. The molecule has 4 nitrogen and oxygen atoms in total. The van der Waals surface area contributed by atoms with Crippen molar-refractivity contribution in [2.45, 2.75) is 25.3 Å². The van der Waals surface area contributed by atoms with E-state index in [0.29, 0.717) is 12.8 Å². The van der Waals surface area contributed by atoms with Gasteiger partial charge >= 0.3 is 5.97 Å². The molecular formula is C14H20FNO3. The van der Waals surface area contributed by atoms with Gasteiger partial charge in [-0.1, -0.05) is 6.07 Å². The predicted octanol–water partition coefficient (Wildman–Crippen LogP) is 2.69. The highest BCUT2D eigenvalue weighted by Crippen LogP contribution is 2.27. The molecule has 0 amide bonds. The molecule has 0 heterocycles. The van der Waals surface area contributed by atoms with Gasteiger partial charge in [0.05, 0.1) is 7.11 Å². The molecule has 0 aliphatic heterocycles. The number of benzene rings is 1. The summed E-state index contributed by atoms with van der Waals surface area (Å²) in [6.07, 6.45) is 1.36. The second kappa shape index (κ2) is 7.09. The van der Waals surface area contributed by atoms with E-state index in [1.54, 1.807) is 6.07 Å². The Morgan fingerprint density at radius 1 is 1.47 bits per heavy atom. The smallest absolute Gasteiger partial charge is 0.303 e. The fourth-order valence-electron chi connectivity index (χ4n) is 2.06. The van der Waals surface area contributed by atoms with Crippen molar-refractivity contribution >= 4 is 5.97 Å². The third kappa shape index (κ3) is 4.52. The monoisotopic (exact) mass is 269 g/mol. The van der Waals surface area contributed by atoms with Crippen LogP contribution >= 0.6 is 0 Å². The minimum atomic E-state index is -0.807. The maximum atomic E-state index is 13.7. The SMILES string of the molecule is COc1ccc(C(CCCC(=O)O)N(C)C)cc1F. The van der Waals surface area contributed by atoms with Crippen LogP contribution in [0.15, 0.2) is 18.2 Å². The third-order valence-electron chi connectivity index (χ3n) is 3.05. The second-order valence-corrected chi connectivity index (χ2v) is 4.66. The molecule has 0 radical (unpaired) electrons. The first-order chi connectivity index (χ1) is 8.95. The minimum Gasteiger partial charge on any atom is -0.494 e. The number of hydrogen-bond acceptors (Lipinski definition) is 3. The van der Waals surface area contributed by atoms with E-state index in [-0.39, 0.29) is 18.2 Å². The molecule has 5 heteroatoms. The molecule has 1 N–H and O–H groups in total. The van der Waals surface area contributed by atoms with Crippen molar-refractivity contribution in [3.63, 3.8) is 0 Å². The highest BCUT2D eigenvalue weighted by molar-refractivity contribution is 5.66. The number of rotatable bonds is 7. The van der Waals surface area contributed by atoms with Crippen molar-refractivity contribution in [2.24, 2.45) is 0 Å². The van der Waals surface area contributed by atoms with Crippen molar-refractivity contribution in [3.8, 4) is 5.75 Å². The van der Waals surface area contributed by atoms with Crippen LogP contribution in [-0.2, 0) is 4.79 Å². The van der Waals surface area contributed by atoms with Gasteiger partial charge in [-0.3, -0.25) is 4.79 Å². The Morgan fingerprint density at radius 3 is 2.63 bits per heavy atom. The lowest BCUT2D eigenvalue weighted by atomic mass is 9.99. The second-order valence-electron chi connectivity index (χ2n) is 4.66. The van der Waals surface area contributed by atoms with Crippen molar-refractivity contribution in [1.82, 2.24) is 4.90 Å². The largest absolute Gasteiger partial charge is 0.494 e. The van der Waals surface area contributed by atoms with Crippen molar-refractivity contribution < 1.29 is 19.0 Å². The van der Waals surface area contributed by atoms with Gasteiger partial charge in [0.25, 0.3) is 0 Å². The van der Waals surface area contributed by atoms with Gasteiger partial charge in [0, 0.05) is 12.5 Å². The van der Waals surface area contributed by atoms with Gasteiger partial charge in [-0.15, -0.1) is 0 Å². The summed E-state index contributed by atoms with van der Waals surface area (Å²) in [6.45, 7) is 0. The number of halogens is 1. The summed E-state index contributed by atoms with van der Waals surface area (Å²) in [5, 5.41) is 8.66. The van der Waals surface area contributed by atoms with Gasteiger partial charge in [0.15, 0.2) is 11.6 Å². The summed E-state index contributed by atoms with van der Waals surface area (Å²) < 4.78 is 18.6. The van der Waals surface area contributed by atoms with Crippen LogP contribution in [0.25, 0.3) is 0 Å². The Morgan fingerprint density at radius 2 is 2.16 bits per heavy atom. The minimum absolute atomic E-state index is 0.000226. The van der Waals surface area contributed by atoms with E-state index in [1.807, 2.05) is 25.1 Å². The lowest BCUT2D eigenvalue weighted by molar-refractivity contribution is -0.137. The van der Waals surface area contributed by atoms with Crippen LogP contribution in [0.2, 0.25) is 0 Å². The molecule has 1 atom stereocenters. The quantitative estimate of drug-likeness (QED) is 0.827. The van der Waals surface area contributed by atoms with Crippen LogP contribution in [0.1, 0.15) is 30.9 Å². The number of hydrogen-bond donors (Lipinski definition) is 1. The number of aliphatic carboxylic acids is 1. The Balaban J connectivity index is 2.81. The Hall–Kier alpha value is -1.62. The third-order valence-corrected chi connectivity index (χ3v) is 3.05. The zero-order chi connectivity index (χ0) is 14.4. The maximum Gasteiger partial charge on any atom is 0.303 e. The number of ether oxygens (including phenoxy) is 1. The van der Waals surface area contributed by atoms with E-state index in [2.05, 4.69) is 0 Å². The van der Waals surface area contributed by atoms with E-state index in [9.17, 15) is 9.18 Å². The number of carboxylic acids is 1. The first-order valence-electron chi connectivity index (χ1n) is 6.17. The normalized spacial score (nSPS) is 12.5. The van der Waals surface area contributed by atoms with Crippen molar-refractivity contribution in [3.05, 3.63) is 29.6 Å². The Bertz CT molecular complexity index is 435. The molecule has 0 aliphatic rings. The molecule has 1 aromatic rings. The van der Waals surface area contributed by atoms with Crippen molar-refractivity contribution in [2.75, 3.05) is 21.2 Å². The molecule has 0 spiro atoms. The van der Waals surface area contributed by atoms with E-state index < -0.39 is 11.8 Å². The van der Waals surface area contributed by atoms with Gasteiger partial charge in [-0.05, 0) is 44.6 Å². The molecular weight excluding hydrogens is 249 g/mol. The number of nitrogens with zero attached hydrogens (tertiary/aromatic N) is 1. The molecule has 0 bridgehead atoms. The van der Waals surface area contributed by atoms with Gasteiger partial charge in [-0.2, -0.15) is 0 Å². The summed E-state index contributed by atoms with van der Waals surface area (Å²) in [7, 11) is 5.22. The van der Waals surface area contributed by atoms with E-state index in [0.717, 1.165) is 5.56 Å². The van der Waals surface area contributed by atoms with Crippen LogP contribution in [0.5, 0.6) is 5.75 Å². The number of carboxylic acid groups (broad SMARTS) is 1. The molecule has 0 aromatic heterocycles. The van der Waals surface area contributed by atoms with Crippen LogP contribution in [0.4, 0.5) is 4.39 Å². The maximum absolute atomic E-state index is 13.7. The number of methoxy groups -OCH3 is 1. The molecule has 19 heavy (non-hydrogen) atoms. The summed E-state index contributed by atoms with van der Waals surface area (Å²) in [6, 6.07) is 4.86. The molecule has 1 unspecified atom stereocenters. The first-order valence-corrected chi connectivity index (χ1v) is 6.17. The van der Waals surface area contributed by atoms with Gasteiger partial charge in [0.2, 0.25) is 0 Å². The zero-order valence-electron chi connectivity index (χ0n) is 11.5. The van der Waals surface area contributed by atoms with E-state index in [1.165, 1.54) is 13.2 Å². The van der Waals surface area contributed by atoms with Crippen LogP contribution in [0, 0.1) is 5.82 Å². The Labute approximate surface area is 112 Å². The van der Waals surface area contributed by atoms with Crippen LogP contribution in [-0.4, -0.2) is 37.2 Å². The molecule has 0 saturated heterocycles. The summed E-state index contributed by atoms with van der Waals surface area (Å²) in [5.74, 6) is -0.990. The standard InChI is InChI=1S/C14H20FNO3/c1-16(2)12(5-4-6-14(17)18)10-7-8-13(19-3)11(15)9-10/h7-9,12H,4-6H2,1-3H3,(H,17,18). The molecule has 1 rings (SSSR count). The topological polar surface area (TPSA) is 49.8 Å². The number of carbonyl (C=O) groups is 1. The van der Waals surface area contributed by atoms with E-state index in [4.69, 9.17) is 9.84 Å². The zero-order valence-corrected chi connectivity index (χ0v) is 11.5. The first kappa shape index (κ1) is 15.4. The van der Waals surface area contributed by atoms with E-state index >= 15 is 0 Å². The van der Waals surface area contributed by atoms with Crippen LogP contribution < -0.4 is 4.74 Å². The highest BCUT2D eigenvalue weighted by atomic mass is 19.1. The lowest BCUT2D eigenvalue weighted by Gasteiger charge is -2.25. The molecule has 106 valence electrons. The van der Waals surface area contributed by atoms with Gasteiger partial charge < -0.3 is 14.7 Å². The summed E-state index contributed by atoms with van der Waals surface area (Å²) in [4.78, 5) is 12.5. The highest BCUT2D eigenvalue weighted by Gasteiger charge is 2.16. The molecule has 0 saturated carbocycles. The molecule has 0 fully saturated rings. The lowest BCUT2D eigenvalue weighted by Crippen LogP contribution is -2.20. The molecule has 1 aromatic carbocycles. The fourth-order valence-corrected chi connectivity index (χ4v) is 2.06. The van der Waals surface area contributed by atoms with Crippen LogP contribution in [0.3, 0.4) is 0 Å². The fraction of sp³-hybridized carbons (Fsp3) is 0.500. The summed E-state index contributed by atoms with van der Waals surface area (Å²) >= 11 is 0.